The molecule has 0 aliphatic carbocycles. The number of rotatable bonds is 4. The Bertz CT molecular complexity index is 548. The van der Waals surface area contributed by atoms with Crippen molar-refractivity contribution in [2.75, 3.05) is 12.4 Å². The fraction of sp³-hybridized carbons (Fsp3) is 0.250. The molecule has 1 rings (SSSR count). The van der Waals surface area contributed by atoms with Crippen molar-refractivity contribution in [3.05, 3.63) is 28.2 Å². The van der Waals surface area contributed by atoms with Crippen LogP contribution in [0.2, 0.25) is 0 Å². The van der Waals surface area contributed by atoms with Crippen LogP contribution >= 0.6 is 15.9 Å². The number of anilines is 1. The predicted octanol–water partition coefficient (Wildman–Crippen LogP) is 1.40. The minimum absolute atomic E-state index is 0.0361. The first-order valence-corrected chi connectivity index (χ1v) is 6.45. The number of urea groups is 1. The van der Waals surface area contributed by atoms with E-state index in [-0.39, 0.29) is 11.5 Å². The molecule has 0 bridgehead atoms. The highest BCUT2D eigenvalue weighted by molar-refractivity contribution is 9.10. The lowest BCUT2D eigenvalue weighted by Crippen LogP contribution is -2.45. The van der Waals surface area contributed by atoms with Gasteiger partial charge in [0.25, 0.3) is 0 Å². The van der Waals surface area contributed by atoms with E-state index in [9.17, 15) is 14.4 Å². The Hall–Kier alpha value is -2.09. The number of nitrogens with one attached hydrogen (secondary N) is 3. The summed E-state index contributed by atoms with van der Waals surface area (Å²) in [6.45, 7) is 1.53. The second-order valence-electron chi connectivity index (χ2n) is 3.97. The van der Waals surface area contributed by atoms with E-state index in [0.717, 1.165) is 0 Å². The topological polar surface area (TPSA) is 108 Å². The second kappa shape index (κ2) is 6.90. The third-order valence-electron chi connectivity index (χ3n) is 2.39. The molecule has 1 unspecified atom stereocenters. The van der Waals surface area contributed by atoms with E-state index < -0.39 is 18.0 Å². The molecular weight excluding hydrogens is 330 g/mol. The number of hydrogen-bond acceptors (Lipinski definition) is 3. The number of carbonyl (C=O) groups excluding carboxylic acids is 2. The van der Waals surface area contributed by atoms with Crippen LogP contribution in [0.15, 0.2) is 22.7 Å². The lowest BCUT2D eigenvalue weighted by Gasteiger charge is -2.13. The lowest BCUT2D eigenvalue weighted by atomic mass is 10.2. The van der Waals surface area contributed by atoms with Gasteiger partial charge in [0, 0.05) is 17.2 Å². The van der Waals surface area contributed by atoms with Gasteiger partial charge >= 0.3 is 12.0 Å². The van der Waals surface area contributed by atoms with Crippen LogP contribution in [0.3, 0.4) is 0 Å². The van der Waals surface area contributed by atoms with Gasteiger partial charge in [0.1, 0.15) is 6.04 Å². The maximum Gasteiger partial charge on any atom is 0.335 e. The Kier molecular flexibility index (Phi) is 5.51. The quantitative estimate of drug-likeness (QED) is 0.662. The average Bonchev–Trinajstić information content (AvgIpc) is 2.36. The summed E-state index contributed by atoms with van der Waals surface area (Å²) in [6.07, 6.45) is 0. The molecule has 0 aliphatic rings. The fourth-order valence-corrected chi connectivity index (χ4v) is 1.92. The van der Waals surface area contributed by atoms with Crippen molar-refractivity contribution < 1.29 is 19.5 Å². The zero-order valence-electron chi connectivity index (χ0n) is 10.9. The Labute approximate surface area is 123 Å². The van der Waals surface area contributed by atoms with E-state index in [1.54, 1.807) is 6.07 Å². The molecule has 7 nitrogen and oxygen atoms in total. The number of hydrogen-bond donors (Lipinski definition) is 4. The Balaban J connectivity index is 2.76. The highest BCUT2D eigenvalue weighted by atomic mass is 79.9. The number of carboxylic acid groups (broad SMARTS) is 1. The molecule has 4 N–H and O–H groups in total. The smallest absolute Gasteiger partial charge is 0.335 e. The number of benzene rings is 1. The van der Waals surface area contributed by atoms with Gasteiger partial charge in [0.05, 0.1) is 5.56 Å². The van der Waals surface area contributed by atoms with Gasteiger partial charge in [0.2, 0.25) is 5.91 Å². The highest BCUT2D eigenvalue weighted by Crippen LogP contribution is 2.19. The van der Waals surface area contributed by atoms with Crippen molar-refractivity contribution in [3.8, 4) is 0 Å². The number of carboxylic acids is 1. The molecule has 0 aromatic heterocycles. The molecule has 3 amide bonds. The molecule has 0 saturated heterocycles. The Morgan fingerprint density at radius 2 is 1.90 bits per heavy atom. The number of aromatic carboxylic acids is 1. The van der Waals surface area contributed by atoms with Gasteiger partial charge < -0.3 is 21.1 Å². The van der Waals surface area contributed by atoms with Crippen molar-refractivity contribution in [2.24, 2.45) is 0 Å². The maximum atomic E-state index is 11.7. The third kappa shape index (κ3) is 4.54. The van der Waals surface area contributed by atoms with Gasteiger partial charge in [0.15, 0.2) is 0 Å². The van der Waals surface area contributed by atoms with E-state index in [4.69, 9.17) is 5.11 Å². The summed E-state index contributed by atoms with van der Waals surface area (Å²) in [6, 6.07) is 2.98. The van der Waals surface area contributed by atoms with Crippen LogP contribution in [0.4, 0.5) is 10.5 Å². The van der Waals surface area contributed by atoms with E-state index in [1.165, 1.54) is 26.1 Å². The standard InChI is InChI=1S/C12H14BrN3O4/c1-6(10(17)14-2)15-12(20)16-9-4-7(11(18)19)3-8(13)5-9/h3-6H,1-2H3,(H,14,17)(H,18,19)(H2,15,16,20). The van der Waals surface area contributed by atoms with Gasteiger partial charge in [-0.05, 0) is 25.1 Å². The molecule has 0 spiro atoms. The molecular formula is C12H14BrN3O4. The monoisotopic (exact) mass is 343 g/mol. The normalized spacial score (nSPS) is 11.3. The summed E-state index contributed by atoms with van der Waals surface area (Å²) in [5.74, 6) is -1.44. The average molecular weight is 344 g/mol. The molecule has 0 aliphatic heterocycles. The molecule has 1 aromatic carbocycles. The van der Waals surface area contributed by atoms with Gasteiger partial charge in [-0.3, -0.25) is 4.79 Å². The zero-order valence-corrected chi connectivity index (χ0v) is 12.4. The van der Waals surface area contributed by atoms with Gasteiger partial charge in [-0.2, -0.15) is 0 Å². The molecule has 8 heteroatoms. The molecule has 0 fully saturated rings. The van der Waals surface area contributed by atoms with Crippen molar-refractivity contribution in [1.82, 2.24) is 10.6 Å². The molecule has 1 aromatic rings. The van der Waals surface area contributed by atoms with Crippen LogP contribution in [0.25, 0.3) is 0 Å². The molecule has 20 heavy (non-hydrogen) atoms. The summed E-state index contributed by atoms with van der Waals surface area (Å²) in [5.41, 5.74) is 0.340. The predicted molar refractivity (Wildman–Crippen MR) is 76.8 cm³/mol. The molecule has 0 radical (unpaired) electrons. The fourth-order valence-electron chi connectivity index (χ4n) is 1.43. The first kappa shape index (κ1) is 16.0. The van der Waals surface area contributed by atoms with E-state index in [1.807, 2.05) is 0 Å². The molecule has 0 heterocycles. The second-order valence-corrected chi connectivity index (χ2v) is 4.88. The van der Waals surface area contributed by atoms with Crippen molar-refractivity contribution in [1.29, 1.82) is 0 Å². The highest BCUT2D eigenvalue weighted by Gasteiger charge is 2.14. The summed E-state index contributed by atoms with van der Waals surface area (Å²) in [7, 11) is 1.46. The van der Waals surface area contributed by atoms with Crippen LogP contribution < -0.4 is 16.0 Å². The van der Waals surface area contributed by atoms with Crippen LogP contribution in [0, 0.1) is 0 Å². The zero-order chi connectivity index (χ0) is 15.3. The minimum atomic E-state index is -1.10. The maximum absolute atomic E-state index is 11.7. The molecule has 0 saturated carbocycles. The number of carbonyl (C=O) groups is 3. The van der Waals surface area contributed by atoms with Gasteiger partial charge in [-0.25, -0.2) is 9.59 Å². The van der Waals surface area contributed by atoms with Gasteiger partial charge in [-0.15, -0.1) is 0 Å². The van der Waals surface area contributed by atoms with Crippen molar-refractivity contribution >= 4 is 39.5 Å². The van der Waals surface area contributed by atoms with E-state index in [2.05, 4.69) is 31.9 Å². The van der Waals surface area contributed by atoms with E-state index >= 15 is 0 Å². The van der Waals surface area contributed by atoms with Crippen LogP contribution in [0.5, 0.6) is 0 Å². The van der Waals surface area contributed by atoms with Crippen molar-refractivity contribution in [3.63, 3.8) is 0 Å². The van der Waals surface area contributed by atoms with Gasteiger partial charge in [-0.1, -0.05) is 15.9 Å². The number of halogens is 1. The van der Waals surface area contributed by atoms with Crippen LogP contribution in [-0.2, 0) is 4.79 Å². The minimum Gasteiger partial charge on any atom is -0.478 e. The SMILES string of the molecule is CNC(=O)C(C)NC(=O)Nc1cc(Br)cc(C(=O)O)c1. The first-order valence-electron chi connectivity index (χ1n) is 5.66. The summed E-state index contributed by atoms with van der Waals surface area (Å²) in [5, 5.41) is 16.2. The lowest BCUT2D eigenvalue weighted by molar-refractivity contribution is -0.122. The number of amides is 3. The number of likely N-dealkylation sites (N-methyl/N-ethyl adjacent to an activating group) is 1. The Morgan fingerprint density at radius 1 is 1.25 bits per heavy atom. The largest absolute Gasteiger partial charge is 0.478 e. The van der Waals surface area contributed by atoms with Crippen LogP contribution in [0.1, 0.15) is 17.3 Å². The summed E-state index contributed by atoms with van der Waals surface area (Å²) < 4.78 is 0.520. The third-order valence-corrected chi connectivity index (χ3v) is 2.85. The first-order chi connectivity index (χ1) is 9.33. The molecule has 1 atom stereocenters. The van der Waals surface area contributed by atoms with E-state index in [0.29, 0.717) is 10.2 Å². The summed E-state index contributed by atoms with van der Waals surface area (Å²) in [4.78, 5) is 33.8. The Morgan fingerprint density at radius 3 is 2.45 bits per heavy atom. The molecule has 108 valence electrons. The van der Waals surface area contributed by atoms with Crippen molar-refractivity contribution in [2.45, 2.75) is 13.0 Å². The van der Waals surface area contributed by atoms with Crippen LogP contribution in [-0.4, -0.2) is 36.1 Å². The summed E-state index contributed by atoms with van der Waals surface area (Å²) >= 11 is 3.16.